The largest absolute Gasteiger partial charge is 0.309 e. The highest BCUT2D eigenvalue weighted by Crippen LogP contribution is 2.52. The lowest BCUT2D eigenvalue weighted by Gasteiger charge is -2.30. The first kappa shape index (κ1) is 27.5. The summed E-state index contributed by atoms with van der Waals surface area (Å²) in [5.74, 6) is 0. The van der Waals surface area contributed by atoms with Crippen LogP contribution in [0.1, 0.15) is 25.0 Å². The van der Waals surface area contributed by atoms with Crippen molar-refractivity contribution in [1.82, 2.24) is 4.57 Å². The molecule has 0 radical (unpaired) electrons. The van der Waals surface area contributed by atoms with Gasteiger partial charge in [0.25, 0.3) is 0 Å². The lowest BCUT2D eigenvalue weighted by molar-refractivity contribution is 0.660. The van der Waals surface area contributed by atoms with Crippen LogP contribution in [0.5, 0.6) is 0 Å². The maximum Gasteiger partial charge on any atom is 0.0562 e. The molecule has 9 rings (SSSR count). The molecule has 2 nitrogen and oxygen atoms in total. The number of aromatic nitrogens is 1. The SMILES string of the molecule is CC1(C)c2ccccc2-c2cc(N(c3ccccc3-c3ccccc3)c3cccc4c3c3ccccc3n4-c3ccccc3)ccc21. The molecule has 1 aliphatic carbocycles. The standard InChI is InChI=1S/C45H34N2/c1-45(2)38-23-12-9-21-35(38)37-30-33(28-29-39(37)45)47(40-24-13-10-20-34(40)31-16-5-3-6-17-31)43-27-15-26-42-44(43)36-22-11-14-25-41(36)46(42)32-18-7-4-8-19-32/h3-30H,1-2H3. The Hall–Kier alpha value is -5.86. The Balaban J connectivity index is 1.37. The zero-order valence-corrected chi connectivity index (χ0v) is 26.6. The molecule has 1 heterocycles. The van der Waals surface area contributed by atoms with Crippen LogP contribution in [0.3, 0.4) is 0 Å². The van der Waals surface area contributed by atoms with Gasteiger partial charge in [0, 0.05) is 33.1 Å². The van der Waals surface area contributed by atoms with Gasteiger partial charge in [0.15, 0.2) is 0 Å². The van der Waals surface area contributed by atoms with Crippen molar-refractivity contribution in [2.75, 3.05) is 4.90 Å². The molecule has 0 spiro atoms. The van der Waals surface area contributed by atoms with Crippen LogP contribution >= 0.6 is 0 Å². The maximum absolute atomic E-state index is 2.49. The van der Waals surface area contributed by atoms with Crippen LogP contribution in [0, 0.1) is 0 Å². The van der Waals surface area contributed by atoms with E-state index in [1.54, 1.807) is 0 Å². The van der Waals surface area contributed by atoms with Crippen LogP contribution in [0.2, 0.25) is 0 Å². The third-order valence-electron chi connectivity index (χ3n) is 9.99. The summed E-state index contributed by atoms with van der Waals surface area (Å²) in [5.41, 5.74) is 14.7. The average Bonchev–Trinajstić information content (AvgIpc) is 3.58. The van der Waals surface area contributed by atoms with Crippen molar-refractivity contribution >= 4 is 38.9 Å². The fraction of sp³-hybridized carbons (Fsp3) is 0.0667. The third-order valence-corrected chi connectivity index (χ3v) is 9.99. The Morgan fingerprint density at radius 3 is 1.91 bits per heavy atom. The van der Waals surface area contributed by atoms with Gasteiger partial charge in [-0.1, -0.05) is 135 Å². The Kier molecular flexibility index (Phi) is 6.20. The van der Waals surface area contributed by atoms with Gasteiger partial charge in [0.1, 0.15) is 0 Å². The monoisotopic (exact) mass is 602 g/mol. The van der Waals surface area contributed by atoms with E-state index in [2.05, 4.69) is 193 Å². The van der Waals surface area contributed by atoms with Gasteiger partial charge in [-0.2, -0.15) is 0 Å². The first-order valence-corrected chi connectivity index (χ1v) is 16.4. The van der Waals surface area contributed by atoms with Crippen molar-refractivity contribution in [2.24, 2.45) is 0 Å². The molecule has 0 N–H and O–H groups in total. The van der Waals surface area contributed by atoms with Crippen molar-refractivity contribution in [3.63, 3.8) is 0 Å². The summed E-state index contributed by atoms with van der Waals surface area (Å²) in [6, 6.07) is 61.8. The second-order valence-corrected chi connectivity index (χ2v) is 13.0. The van der Waals surface area contributed by atoms with Gasteiger partial charge in [-0.05, 0) is 76.3 Å². The minimum absolute atomic E-state index is 0.0552. The molecular weight excluding hydrogens is 569 g/mol. The van der Waals surface area contributed by atoms with Crippen LogP contribution in [0.15, 0.2) is 170 Å². The molecule has 7 aromatic carbocycles. The molecule has 0 aliphatic heterocycles. The second-order valence-electron chi connectivity index (χ2n) is 13.0. The number of hydrogen-bond acceptors (Lipinski definition) is 1. The van der Waals surface area contributed by atoms with E-state index in [0.29, 0.717) is 0 Å². The van der Waals surface area contributed by atoms with Crippen LogP contribution < -0.4 is 4.90 Å². The fourth-order valence-electron chi connectivity index (χ4n) is 7.83. The van der Waals surface area contributed by atoms with Crippen LogP contribution in [0.25, 0.3) is 49.7 Å². The van der Waals surface area contributed by atoms with E-state index in [1.807, 2.05) is 0 Å². The zero-order valence-electron chi connectivity index (χ0n) is 26.6. The van der Waals surface area contributed by atoms with Gasteiger partial charge in [-0.25, -0.2) is 0 Å². The van der Waals surface area contributed by atoms with Gasteiger partial charge >= 0.3 is 0 Å². The van der Waals surface area contributed by atoms with Crippen molar-refractivity contribution in [2.45, 2.75) is 19.3 Å². The second kappa shape index (κ2) is 10.6. The molecule has 0 saturated heterocycles. The highest BCUT2D eigenvalue weighted by Gasteiger charge is 2.36. The zero-order chi connectivity index (χ0) is 31.5. The van der Waals surface area contributed by atoms with Crippen LogP contribution in [-0.4, -0.2) is 4.57 Å². The molecule has 1 aliphatic rings. The first-order chi connectivity index (χ1) is 23.1. The van der Waals surface area contributed by atoms with Crippen LogP contribution in [-0.2, 0) is 5.41 Å². The highest BCUT2D eigenvalue weighted by molar-refractivity contribution is 6.17. The number of hydrogen-bond donors (Lipinski definition) is 0. The third kappa shape index (κ3) is 4.18. The number of rotatable bonds is 5. The summed E-state index contributed by atoms with van der Waals surface area (Å²) >= 11 is 0. The summed E-state index contributed by atoms with van der Waals surface area (Å²) in [5, 5.41) is 2.47. The molecule has 0 amide bonds. The minimum atomic E-state index is -0.0552. The van der Waals surface area contributed by atoms with E-state index in [0.717, 1.165) is 22.7 Å². The number of para-hydroxylation sites is 3. The fourth-order valence-corrected chi connectivity index (χ4v) is 7.83. The lowest BCUT2D eigenvalue weighted by atomic mass is 9.82. The molecule has 0 bridgehead atoms. The van der Waals surface area contributed by atoms with E-state index in [-0.39, 0.29) is 5.41 Å². The summed E-state index contributed by atoms with van der Waals surface area (Å²) < 4.78 is 2.40. The summed E-state index contributed by atoms with van der Waals surface area (Å²) in [7, 11) is 0. The Morgan fingerprint density at radius 2 is 1.09 bits per heavy atom. The molecule has 0 fully saturated rings. The predicted molar refractivity (Wildman–Crippen MR) is 198 cm³/mol. The van der Waals surface area contributed by atoms with Crippen molar-refractivity contribution in [3.8, 4) is 27.9 Å². The molecule has 2 heteroatoms. The Labute approximate surface area is 275 Å². The van der Waals surface area contributed by atoms with Crippen molar-refractivity contribution in [3.05, 3.63) is 181 Å². The predicted octanol–water partition coefficient (Wildman–Crippen LogP) is 12.2. The van der Waals surface area contributed by atoms with Gasteiger partial charge in [0.2, 0.25) is 0 Å². The molecule has 47 heavy (non-hydrogen) atoms. The number of anilines is 3. The van der Waals surface area contributed by atoms with Gasteiger partial charge in [-0.15, -0.1) is 0 Å². The van der Waals surface area contributed by atoms with Crippen molar-refractivity contribution in [1.29, 1.82) is 0 Å². The van der Waals surface area contributed by atoms with Gasteiger partial charge in [-0.3, -0.25) is 0 Å². The molecule has 0 saturated carbocycles. The van der Waals surface area contributed by atoms with Gasteiger partial charge < -0.3 is 9.47 Å². The Bertz CT molecular complexity index is 2430. The minimum Gasteiger partial charge on any atom is -0.309 e. The number of benzene rings is 7. The molecule has 0 unspecified atom stereocenters. The molecule has 8 aromatic rings. The topological polar surface area (TPSA) is 8.17 Å². The first-order valence-electron chi connectivity index (χ1n) is 16.4. The van der Waals surface area contributed by atoms with Crippen LogP contribution in [0.4, 0.5) is 17.1 Å². The quantitative estimate of drug-likeness (QED) is 0.190. The van der Waals surface area contributed by atoms with Gasteiger partial charge in [0.05, 0.1) is 22.4 Å². The number of nitrogens with zero attached hydrogens (tertiary/aromatic N) is 2. The average molecular weight is 603 g/mol. The molecule has 1 aromatic heterocycles. The summed E-state index contributed by atoms with van der Waals surface area (Å²) in [4.78, 5) is 2.49. The smallest absolute Gasteiger partial charge is 0.0562 e. The lowest BCUT2D eigenvalue weighted by Crippen LogP contribution is -2.15. The number of fused-ring (bicyclic) bond motifs is 6. The highest BCUT2D eigenvalue weighted by atomic mass is 15.2. The molecule has 0 atom stereocenters. The Morgan fingerprint density at radius 1 is 0.468 bits per heavy atom. The van der Waals surface area contributed by atoms with E-state index in [1.165, 1.54) is 55.2 Å². The van der Waals surface area contributed by atoms with E-state index < -0.39 is 0 Å². The maximum atomic E-state index is 2.49. The van der Waals surface area contributed by atoms with E-state index in [4.69, 9.17) is 0 Å². The van der Waals surface area contributed by atoms with E-state index in [9.17, 15) is 0 Å². The molecular formula is C45H34N2. The van der Waals surface area contributed by atoms with Crippen molar-refractivity contribution < 1.29 is 0 Å². The normalized spacial score (nSPS) is 13.1. The van der Waals surface area contributed by atoms with E-state index >= 15 is 0 Å². The summed E-state index contributed by atoms with van der Waals surface area (Å²) in [6.45, 7) is 4.69. The summed E-state index contributed by atoms with van der Waals surface area (Å²) in [6.07, 6.45) is 0. The molecule has 224 valence electrons.